The van der Waals surface area contributed by atoms with Crippen molar-refractivity contribution in [3.05, 3.63) is 42.5 Å². The maximum atomic E-state index is 12.4. The van der Waals surface area contributed by atoms with Crippen LogP contribution >= 0.6 is 12.4 Å². The van der Waals surface area contributed by atoms with Crippen molar-refractivity contribution in [1.82, 2.24) is 5.32 Å². The molecule has 0 aliphatic heterocycles. The van der Waals surface area contributed by atoms with Gasteiger partial charge in [-0.25, -0.2) is 0 Å². The Kier molecular flexibility index (Phi) is 6.68. The number of hydrogen-bond acceptors (Lipinski definition) is 3. The summed E-state index contributed by atoms with van der Waals surface area (Å²) in [6.07, 6.45) is 3.99. The Hall–Kier alpha value is -1.78. The second-order valence-corrected chi connectivity index (χ2v) is 6.92. The molecule has 3 N–H and O–H groups in total. The Morgan fingerprint density at radius 3 is 2.80 bits per heavy atom. The molecule has 0 aromatic heterocycles. The Morgan fingerprint density at radius 2 is 2.00 bits per heavy atom. The van der Waals surface area contributed by atoms with Crippen LogP contribution in [0.15, 0.2) is 42.5 Å². The van der Waals surface area contributed by atoms with Gasteiger partial charge in [0.25, 0.3) is 0 Å². The largest absolute Gasteiger partial charge is 0.491 e. The molecule has 0 saturated heterocycles. The molecule has 0 radical (unpaired) electrons. The van der Waals surface area contributed by atoms with E-state index in [-0.39, 0.29) is 24.2 Å². The monoisotopic (exact) mass is 362 g/mol. The lowest BCUT2D eigenvalue weighted by Crippen LogP contribution is -2.53. The molecule has 1 aliphatic rings. The summed E-state index contributed by atoms with van der Waals surface area (Å²) in [5, 5.41) is 5.23. The number of carbonyl (C=O) groups is 1. The number of benzene rings is 2. The van der Waals surface area contributed by atoms with E-state index in [9.17, 15) is 4.79 Å². The quantitative estimate of drug-likeness (QED) is 0.798. The number of rotatable bonds is 5. The van der Waals surface area contributed by atoms with Crippen LogP contribution in [0.5, 0.6) is 5.75 Å². The van der Waals surface area contributed by atoms with Crippen LogP contribution in [-0.2, 0) is 4.79 Å². The topological polar surface area (TPSA) is 64.4 Å². The van der Waals surface area contributed by atoms with Crippen LogP contribution < -0.4 is 15.8 Å². The van der Waals surface area contributed by atoms with Gasteiger partial charge < -0.3 is 15.8 Å². The van der Waals surface area contributed by atoms with E-state index in [2.05, 4.69) is 17.4 Å². The normalized spacial score (nSPS) is 22.9. The lowest BCUT2D eigenvalue weighted by atomic mass is 9.74. The Bertz CT molecular complexity index is 712. The number of nitrogens with two attached hydrogens (primary N) is 1. The number of ether oxygens (including phenoxy) is 1. The van der Waals surface area contributed by atoms with Gasteiger partial charge in [0.1, 0.15) is 12.4 Å². The molecule has 25 heavy (non-hydrogen) atoms. The fraction of sp³-hybridized carbons (Fsp3) is 0.450. The molecule has 136 valence electrons. The molecule has 1 fully saturated rings. The van der Waals surface area contributed by atoms with Gasteiger partial charge in [-0.3, -0.25) is 4.79 Å². The summed E-state index contributed by atoms with van der Waals surface area (Å²) in [6, 6.07) is 14.1. The first kappa shape index (κ1) is 19.5. The summed E-state index contributed by atoms with van der Waals surface area (Å²) in [5.74, 6) is 0.814. The molecule has 5 heteroatoms. The Morgan fingerprint density at radius 1 is 1.24 bits per heavy atom. The highest BCUT2D eigenvalue weighted by Crippen LogP contribution is 2.31. The van der Waals surface area contributed by atoms with Crippen molar-refractivity contribution in [3.63, 3.8) is 0 Å². The number of fused-ring (bicyclic) bond motifs is 1. The zero-order valence-corrected chi connectivity index (χ0v) is 15.5. The molecule has 4 nitrogen and oxygen atoms in total. The van der Waals surface area contributed by atoms with Gasteiger partial charge in [-0.05, 0) is 31.2 Å². The highest BCUT2D eigenvalue weighted by molar-refractivity contribution is 5.88. The fourth-order valence-electron chi connectivity index (χ4n) is 3.57. The third-order valence-corrected chi connectivity index (χ3v) is 4.98. The van der Waals surface area contributed by atoms with Gasteiger partial charge in [0, 0.05) is 10.9 Å². The van der Waals surface area contributed by atoms with Gasteiger partial charge in [0.05, 0.1) is 12.5 Å². The number of hydrogen-bond donors (Lipinski definition) is 2. The number of halogens is 1. The van der Waals surface area contributed by atoms with Crippen molar-refractivity contribution in [2.75, 3.05) is 13.2 Å². The molecule has 3 rings (SSSR count). The predicted octanol–water partition coefficient (Wildman–Crippen LogP) is 3.66. The van der Waals surface area contributed by atoms with E-state index in [4.69, 9.17) is 10.5 Å². The smallest absolute Gasteiger partial charge is 0.225 e. The van der Waals surface area contributed by atoms with Gasteiger partial charge in [-0.1, -0.05) is 49.2 Å². The zero-order valence-electron chi connectivity index (χ0n) is 14.7. The number of nitrogens with one attached hydrogen (secondary N) is 1. The van der Waals surface area contributed by atoms with E-state index in [1.807, 2.05) is 37.3 Å². The van der Waals surface area contributed by atoms with Crippen LogP contribution in [0.25, 0.3) is 10.8 Å². The second-order valence-electron chi connectivity index (χ2n) is 6.92. The predicted molar refractivity (Wildman–Crippen MR) is 104 cm³/mol. The van der Waals surface area contributed by atoms with Crippen molar-refractivity contribution in [2.45, 2.75) is 38.1 Å². The maximum absolute atomic E-state index is 12.4. The summed E-state index contributed by atoms with van der Waals surface area (Å²) in [7, 11) is 0. The minimum Gasteiger partial charge on any atom is -0.491 e. The number of amides is 1. The van der Waals surface area contributed by atoms with E-state index in [0.29, 0.717) is 13.2 Å². The molecule has 2 aromatic rings. The molecule has 2 atom stereocenters. The van der Waals surface area contributed by atoms with E-state index in [0.717, 1.165) is 42.2 Å². The first-order valence-corrected chi connectivity index (χ1v) is 8.75. The molecule has 2 unspecified atom stereocenters. The molecule has 0 spiro atoms. The highest BCUT2D eigenvalue weighted by atomic mass is 35.5. The highest BCUT2D eigenvalue weighted by Gasteiger charge is 2.37. The molecule has 0 bridgehead atoms. The first-order valence-electron chi connectivity index (χ1n) is 8.75. The zero-order chi connectivity index (χ0) is 17.0. The molecular formula is C20H27ClN2O2. The van der Waals surface area contributed by atoms with Crippen molar-refractivity contribution in [1.29, 1.82) is 0 Å². The number of carbonyl (C=O) groups excluding carboxylic acids is 1. The van der Waals surface area contributed by atoms with Crippen LogP contribution in [0.4, 0.5) is 0 Å². The van der Waals surface area contributed by atoms with Gasteiger partial charge in [-0.2, -0.15) is 0 Å². The van der Waals surface area contributed by atoms with Gasteiger partial charge >= 0.3 is 0 Å². The van der Waals surface area contributed by atoms with Gasteiger partial charge in [0.2, 0.25) is 5.91 Å². The first-order chi connectivity index (χ1) is 11.6. The summed E-state index contributed by atoms with van der Waals surface area (Å²) in [5.41, 5.74) is 5.90. The minimum atomic E-state index is -0.390. The van der Waals surface area contributed by atoms with Crippen molar-refractivity contribution < 1.29 is 9.53 Å². The third kappa shape index (κ3) is 4.65. The van der Waals surface area contributed by atoms with E-state index < -0.39 is 5.54 Å². The fourth-order valence-corrected chi connectivity index (χ4v) is 3.57. The molecule has 1 aliphatic carbocycles. The molecule has 2 aromatic carbocycles. The summed E-state index contributed by atoms with van der Waals surface area (Å²) in [6.45, 7) is 2.94. The Balaban J connectivity index is 0.00000225. The summed E-state index contributed by atoms with van der Waals surface area (Å²) < 4.78 is 5.86. The molecular weight excluding hydrogens is 336 g/mol. The van der Waals surface area contributed by atoms with Crippen molar-refractivity contribution in [3.8, 4) is 5.75 Å². The standard InChI is InChI=1S/C20H26N2O2.ClH/c1-20(21)12-5-4-10-17(20)19(23)22-13-14-24-18-11-6-8-15-7-2-3-9-16(15)18;/h2-3,6-9,11,17H,4-5,10,12-14,21H2,1H3,(H,22,23);1H. The molecule has 1 amide bonds. The average Bonchev–Trinajstić information content (AvgIpc) is 2.58. The lowest BCUT2D eigenvalue weighted by Gasteiger charge is -2.37. The summed E-state index contributed by atoms with van der Waals surface area (Å²) in [4.78, 5) is 12.4. The average molecular weight is 363 g/mol. The van der Waals surface area contributed by atoms with Gasteiger partial charge in [-0.15, -0.1) is 12.4 Å². The van der Waals surface area contributed by atoms with Crippen LogP contribution in [0.3, 0.4) is 0 Å². The van der Waals surface area contributed by atoms with Crippen LogP contribution in [-0.4, -0.2) is 24.6 Å². The third-order valence-electron chi connectivity index (χ3n) is 4.98. The summed E-state index contributed by atoms with van der Waals surface area (Å²) >= 11 is 0. The van der Waals surface area contributed by atoms with Gasteiger partial charge in [0.15, 0.2) is 0 Å². The van der Waals surface area contributed by atoms with Crippen molar-refractivity contribution in [2.24, 2.45) is 11.7 Å². The second kappa shape index (κ2) is 8.54. The molecule has 0 heterocycles. The van der Waals surface area contributed by atoms with E-state index >= 15 is 0 Å². The Labute approximate surface area is 155 Å². The van der Waals surface area contributed by atoms with Crippen LogP contribution in [0, 0.1) is 5.92 Å². The molecule has 1 saturated carbocycles. The van der Waals surface area contributed by atoms with Crippen molar-refractivity contribution >= 4 is 29.1 Å². The minimum absolute atomic E-state index is 0. The lowest BCUT2D eigenvalue weighted by molar-refractivity contribution is -0.128. The SMILES string of the molecule is CC1(N)CCCCC1C(=O)NCCOc1cccc2ccccc12.Cl. The van der Waals surface area contributed by atoms with E-state index in [1.54, 1.807) is 0 Å². The van der Waals surface area contributed by atoms with Crippen LogP contribution in [0.1, 0.15) is 32.6 Å². The van der Waals surface area contributed by atoms with E-state index in [1.165, 1.54) is 0 Å². The van der Waals surface area contributed by atoms with Crippen LogP contribution in [0.2, 0.25) is 0 Å². The maximum Gasteiger partial charge on any atom is 0.225 e.